The van der Waals surface area contributed by atoms with E-state index in [1.807, 2.05) is 6.08 Å². The highest BCUT2D eigenvalue weighted by Crippen LogP contribution is 2.36. The number of esters is 2. The molecule has 9 heteroatoms. The van der Waals surface area contributed by atoms with Gasteiger partial charge in [-0.3, -0.25) is 14.1 Å². The van der Waals surface area contributed by atoms with Crippen LogP contribution in [0.4, 0.5) is 0 Å². The van der Waals surface area contributed by atoms with Crippen molar-refractivity contribution >= 4 is 19.8 Å². The SMILES string of the molecule is CCCCC/C=C/C/C=C/C/C=C/C/C=C/CCCC(=O)O[C@H](COC(=O)CCCCCCCCCCC/C=C/C/C=C/CCCCC)COP(=O)(O)O. The minimum absolute atomic E-state index is 0.132. The van der Waals surface area contributed by atoms with E-state index >= 15 is 0 Å². The van der Waals surface area contributed by atoms with Crippen molar-refractivity contribution in [2.24, 2.45) is 0 Å². The second kappa shape index (κ2) is 40.2. The molecule has 0 rings (SSSR count). The molecule has 0 amide bonds. The van der Waals surface area contributed by atoms with Crippen molar-refractivity contribution in [3.05, 3.63) is 72.9 Å². The number of unbranched alkanes of at least 4 members (excludes halogenated alkanes) is 16. The zero-order chi connectivity index (χ0) is 39.6. The number of hydrogen-bond acceptors (Lipinski definition) is 6. The number of ether oxygens (including phenoxy) is 2. The predicted molar refractivity (Wildman–Crippen MR) is 225 cm³/mol. The summed E-state index contributed by atoms with van der Waals surface area (Å²) >= 11 is 0. The first-order valence-electron chi connectivity index (χ1n) is 21.2. The van der Waals surface area contributed by atoms with Crippen LogP contribution in [-0.4, -0.2) is 41.0 Å². The zero-order valence-corrected chi connectivity index (χ0v) is 35.0. The third kappa shape index (κ3) is 42.2. The van der Waals surface area contributed by atoms with Crippen LogP contribution >= 0.6 is 7.82 Å². The Bertz CT molecular complexity index is 1100. The molecule has 0 saturated heterocycles. The first-order chi connectivity index (χ1) is 26.3. The van der Waals surface area contributed by atoms with Gasteiger partial charge in [0, 0.05) is 12.8 Å². The fourth-order valence-corrected chi connectivity index (χ4v) is 5.87. The molecule has 0 aliphatic heterocycles. The summed E-state index contributed by atoms with van der Waals surface area (Å²) < 4.78 is 26.3. The largest absolute Gasteiger partial charge is 0.469 e. The van der Waals surface area contributed by atoms with Gasteiger partial charge in [-0.2, -0.15) is 0 Å². The minimum atomic E-state index is -4.77. The summed E-state index contributed by atoms with van der Waals surface area (Å²) in [5, 5.41) is 0. The molecule has 0 bridgehead atoms. The predicted octanol–water partition coefficient (Wildman–Crippen LogP) is 13.1. The molecule has 0 aliphatic rings. The van der Waals surface area contributed by atoms with Crippen LogP contribution in [0.25, 0.3) is 0 Å². The summed E-state index contributed by atoms with van der Waals surface area (Å²) in [7, 11) is -4.77. The Balaban J connectivity index is 4.01. The number of carbonyl (C=O) groups excluding carboxylic acids is 2. The Kier molecular flexibility index (Phi) is 38.3. The van der Waals surface area contributed by atoms with Crippen LogP contribution in [0.2, 0.25) is 0 Å². The van der Waals surface area contributed by atoms with Gasteiger partial charge in [0.25, 0.3) is 0 Å². The van der Waals surface area contributed by atoms with Gasteiger partial charge >= 0.3 is 19.8 Å². The Hall–Kier alpha value is -2.51. The second-order valence-electron chi connectivity index (χ2n) is 14.0. The molecule has 0 aliphatic carbocycles. The van der Waals surface area contributed by atoms with E-state index in [0.29, 0.717) is 19.3 Å². The summed E-state index contributed by atoms with van der Waals surface area (Å²) in [6, 6.07) is 0. The van der Waals surface area contributed by atoms with Crippen molar-refractivity contribution in [2.75, 3.05) is 13.2 Å². The van der Waals surface area contributed by atoms with E-state index in [-0.39, 0.29) is 19.4 Å². The molecule has 0 unspecified atom stereocenters. The lowest BCUT2D eigenvalue weighted by molar-refractivity contribution is -0.161. The van der Waals surface area contributed by atoms with Gasteiger partial charge in [0.15, 0.2) is 6.10 Å². The van der Waals surface area contributed by atoms with Gasteiger partial charge in [0.1, 0.15) is 6.61 Å². The van der Waals surface area contributed by atoms with Gasteiger partial charge in [0.2, 0.25) is 0 Å². The van der Waals surface area contributed by atoms with Crippen LogP contribution in [0.1, 0.15) is 181 Å². The molecule has 0 fully saturated rings. The fourth-order valence-electron chi connectivity index (χ4n) is 5.51. The minimum Gasteiger partial charge on any atom is -0.462 e. The Labute approximate surface area is 329 Å². The number of allylic oxidation sites excluding steroid dienone is 12. The molecule has 2 N–H and O–H groups in total. The fraction of sp³-hybridized carbons (Fsp3) is 0.689. The molecule has 0 aromatic carbocycles. The van der Waals surface area contributed by atoms with Crippen molar-refractivity contribution in [1.82, 2.24) is 0 Å². The van der Waals surface area contributed by atoms with E-state index in [1.165, 1.54) is 83.5 Å². The summed E-state index contributed by atoms with van der Waals surface area (Å²) in [6.45, 7) is 3.58. The summed E-state index contributed by atoms with van der Waals surface area (Å²) in [5.74, 6) is -0.959. The molecule has 0 saturated carbocycles. The van der Waals surface area contributed by atoms with Crippen molar-refractivity contribution < 1.29 is 37.9 Å². The summed E-state index contributed by atoms with van der Waals surface area (Å²) in [4.78, 5) is 42.8. The quantitative estimate of drug-likeness (QED) is 0.0275. The maximum absolute atomic E-state index is 12.4. The first kappa shape index (κ1) is 51.5. The van der Waals surface area contributed by atoms with E-state index in [2.05, 4.69) is 85.2 Å². The van der Waals surface area contributed by atoms with Crippen LogP contribution in [0.5, 0.6) is 0 Å². The first-order valence-corrected chi connectivity index (χ1v) is 22.8. The molecule has 0 aromatic rings. The topological polar surface area (TPSA) is 119 Å². The molecule has 1 atom stereocenters. The molecule has 54 heavy (non-hydrogen) atoms. The average molecular weight is 777 g/mol. The van der Waals surface area contributed by atoms with Crippen molar-refractivity contribution in [2.45, 2.75) is 187 Å². The van der Waals surface area contributed by atoms with E-state index in [9.17, 15) is 14.2 Å². The number of hydrogen-bond donors (Lipinski definition) is 2. The number of phosphoric acid groups is 1. The number of carbonyl (C=O) groups is 2. The molecule has 310 valence electrons. The Morgan fingerprint density at radius 2 is 0.852 bits per heavy atom. The van der Waals surface area contributed by atoms with E-state index in [4.69, 9.17) is 19.3 Å². The van der Waals surface area contributed by atoms with Gasteiger partial charge in [-0.1, -0.05) is 157 Å². The van der Waals surface area contributed by atoms with Crippen LogP contribution in [0.15, 0.2) is 72.9 Å². The van der Waals surface area contributed by atoms with Gasteiger partial charge in [-0.25, -0.2) is 4.57 Å². The normalized spacial score (nSPS) is 13.2. The molecule has 0 aromatic heterocycles. The van der Waals surface area contributed by atoms with Gasteiger partial charge in [-0.05, 0) is 83.5 Å². The van der Waals surface area contributed by atoms with E-state index in [0.717, 1.165) is 51.4 Å². The third-order valence-electron chi connectivity index (χ3n) is 8.70. The molecule has 0 heterocycles. The van der Waals surface area contributed by atoms with E-state index in [1.54, 1.807) is 0 Å². The van der Waals surface area contributed by atoms with Crippen LogP contribution in [0, 0.1) is 0 Å². The van der Waals surface area contributed by atoms with Crippen molar-refractivity contribution in [1.29, 1.82) is 0 Å². The monoisotopic (exact) mass is 777 g/mol. The highest BCUT2D eigenvalue weighted by atomic mass is 31.2. The highest BCUT2D eigenvalue weighted by molar-refractivity contribution is 7.46. The maximum Gasteiger partial charge on any atom is 0.469 e. The lowest BCUT2D eigenvalue weighted by Gasteiger charge is -2.18. The van der Waals surface area contributed by atoms with Crippen LogP contribution < -0.4 is 0 Å². The standard InChI is InChI=1S/C45H77O8P/c1-3-5-7-9-11-13-15-17-19-21-22-24-25-27-29-31-33-35-37-39-44(46)51-41-43(42-52-54(48,49)50)53-45(47)40-38-36-34-32-30-28-26-23-20-18-16-14-12-10-8-6-4-2/h11-14,17-20,26,28,32,34,43H,3-10,15-16,21-25,27,29-31,33,35-42H2,1-2H3,(H2,48,49,50)/b13-11+,14-12+,19-17+,20-18+,28-26+,34-32+/t43-/m1/s1. The second-order valence-corrected chi connectivity index (χ2v) is 15.2. The summed E-state index contributed by atoms with van der Waals surface area (Å²) in [5.41, 5.74) is 0. The number of rotatable bonds is 38. The number of phosphoric ester groups is 1. The zero-order valence-electron chi connectivity index (χ0n) is 34.1. The Morgan fingerprint density at radius 3 is 1.30 bits per heavy atom. The molecular weight excluding hydrogens is 699 g/mol. The lowest BCUT2D eigenvalue weighted by atomic mass is 10.1. The maximum atomic E-state index is 12.4. The molecule has 0 spiro atoms. The molecule has 0 radical (unpaired) electrons. The highest BCUT2D eigenvalue weighted by Gasteiger charge is 2.22. The van der Waals surface area contributed by atoms with Gasteiger partial charge in [-0.15, -0.1) is 0 Å². The van der Waals surface area contributed by atoms with Crippen LogP contribution in [0.3, 0.4) is 0 Å². The van der Waals surface area contributed by atoms with Crippen molar-refractivity contribution in [3.63, 3.8) is 0 Å². The smallest absolute Gasteiger partial charge is 0.462 e. The molecular formula is C45H77O8P. The molecule has 8 nitrogen and oxygen atoms in total. The van der Waals surface area contributed by atoms with Gasteiger partial charge < -0.3 is 19.3 Å². The van der Waals surface area contributed by atoms with Crippen molar-refractivity contribution in [3.8, 4) is 0 Å². The van der Waals surface area contributed by atoms with Crippen LogP contribution in [-0.2, 0) is 28.2 Å². The summed E-state index contributed by atoms with van der Waals surface area (Å²) in [6.07, 6.45) is 51.9. The Morgan fingerprint density at radius 1 is 0.481 bits per heavy atom. The lowest BCUT2D eigenvalue weighted by Crippen LogP contribution is -2.29. The average Bonchev–Trinajstić information content (AvgIpc) is 3.14. The third-order valence-corrected chi connectivity index (χ3v) is 9.18. The van der Waals surface area contributed by atoms with E-state index < -0.39 is 32.5 Å². The van der Waals surface area contributed by atoms with Gasteiger partial charge in [0.05, 0.1) is 6.61 Å².